The summed E-state index contributed by atoms with van der Waals surface area (Å²) in [6, 6.07) is 0. The lowest BCUT2D eigenvalue weighted by Crippen LogP contribution is -2.10. The van der Waals surface area contributed by atoms with Crippen LogP contribution in [0, 0.1) is 5.92 Å². The first kappa shape index (κ1) is 14.9. The Bertz CT molecular complexity index is 607. The lowest BCUT2D eigenvalue weighted by Gasteiger charge is -2.12. The largest absolute Gasteiger partial charge is 0.313 e. The summed E-state index contributed by atoms with van der Waals surface area (Å²) in [7, 11) is 2.03. The van der Waals surface area contributed by atoms with E-state index in [4.69, 9.17) is 16.6 Å². The van der Waals surface area contributed by atoms with Crippen molar-refractivity contribution in [2.75, 3.05) is 5.88 Å². The normalized spacial score (nSPS) is 16.3. The molecule has 0 N–H and O–H groups in total. The molecule has 1 saturated carbocycles. The Hall–Kier alpha value is -1.03. The molecular formula is C16H25ClN4. The number of nitrogens with zero attached hydrogens (tertiary/aromatic N) is 4. The van der Waals surface area contributed by atoms with Crippen molar-refractivity contribution in [2.24, 2.45) is 13.0 Å². The number of imidazole rings is 1. The lowest BCUT2D eigenvalue weighted by molar-refractivity contribution is 0.454. The van der Waals surface area contributed by atoms with Crippen LogP contribution in [0.3, 0.4) is 0 Å². The maximum atomic E-state index is 5.97. The summed E-state index contributed by atoms with van der Waals surface area (Å²) in [5, 5.41) is 4.61. The minimum Gasteiger partial charge on any atom is -0.313 e. The van der Waals surface area contributed by atoms with Crippen LogP contribution in [0.4, 0.5) is 0 Å². The lowest BCUT2D eigenvalue weighted by atomic mass is 10.0. The number of halogens is 1. The first-order valence-corrected chi connectivity index (χ1v) is 8.75. The maximum Gasteiger partial charge on any atom is 0.158 e. The van der Waals surface area contributed by atoms with Crippen molar-refractivity contribution in [1.29, 1.82) is 0 Å². The Balaban J connectivity index is 1.92. The second-order valence-corrected chi connectivity index (χ2v) is 6.53. The highest BCUT2D eigenvalue weighted by molar-refractivity contribution is 6.17. The molecule has 1 aliphatic rings. The second-order valence-electron chi connectivity index (χ2n) is 6.15. The number of alkyl halides is 1. The molecular weight excluding hydrogens is 284 g/mol. The van der Waals surface area contributed by atoms with Crippen molar-refractivity contribution >= 4 is 22.8 Å². The van der Waals surface area contributed by atoms with Gasteiger partial charge in [0.25, 0.3) is 0 Å². The standard InChI is InChI=1S/C16H25ClN4/c1-3-13-15-16(20(2)19-13)21(14(18-15)8-10-17)11-9-12-6-4-5-7-12/h12H,3-11H2,1-2H3. The molecule has 116 valence electrons. The third kappa shape index (κ3) is 2.83. The molecule has 21 heavy (non-hydrogen) atoms. The van der Waals surface area contributed by atoms with Gasteiger partial charge in [-0.1, -0.05) is 32.6 Å². The Labute approximate surface area is 131 Å². The summed E-state index contributed by atoms with van der Waals surface area (Å²) >= 11 is 5.97. The smallest absolute Gasteiger partial charge is 0.158 e. The molecule has 2 heterocycles. The Kier molecular flexibility index (Phi) is 4.53. The van der Waals surface area contributed by atoms with E-state index >= 15 is 0 Å². The van der Waals surface area contributed by atoms with Crippen LogP contribution in [0.5, 0.6) is 0 Å². The average molecular weight is 309 g/mol. The topological polar surface area (TPSA) is 35.6 Å². The molecule has 3 rings (SSSR count). The predicted octanol–water partition coefficient (Wildman–Crippen LogP) is 3.69. The van der Waals surface area contributed by atoms with Gasteiger partial charge in [0.2, 0.25) is 0 Å². The summed E-state index contributed by atoms with van der Waals surface area (Å²) in [5.41, 5.74) is 3.35. The van der Waals surface area contributed by atoms with Gasteiger partial charge in [-0.15, -0.1) is 11.6 Å². The molecule has 2 aromatic heterocycles. The highest BCUT2D eigenvalue weighted by Crippen LogP contribution is 2.29. The molecule has 0 saturated heterocycles. The zero-order chi connectivity index (χ0) is 14.8. The molecule has 0 radical (unpaired) electrons. The molecule has 0 amide bonds. The van der Waals surface area contributed by atoms with Crippen molar-refractivity contribution < 1.29 is 0 Å². The Morgan fingerprint density at radius 1 is 1.29 bits per heavy atom. The molecule has 0 spiro atoms. The Morgan fingerprint density at radius 2 is 2.05 bits per heavy atom. The SMILES string of the molecule is CCc1nn(C)c2c1nc(CCCl)n2CCC1CCCC1. The van der Waals surface area contributed by atoms with Crippen molar-refractivity contribution in [3.8, 4) is 0 Å². The molecule has 0 bridgehead atoms. The van der Waals surface area contributed by atoms with Crippen molar-refractivity contribution in [3.05, 3.63) is 11.5 Å². The summed E-state index contributed by atoms with van der Waals surface area (Å²) in [4.78, 5) is 4.83. The van der Waals surface area contributed by atoms with E-state index < -0.39 is 0 Å². The van der Waals surface area contributed by atoms with E-state index in [1.54, 1.807) is 0 Å². The van der Waals surface area contributed by atoms with E-state index in [1.807, 2.05) is 11.7 Å². The van der Waals surface area contributed by atoms with Gasteiger partial charge >= 0.3 is 0 Å². The van der Waals surface area contributed by atoms with Gasteiger partial charge in [0.15, 0.2) is 5.65 Å². The van der Waals surface area contributed by atoms with Gasteiger partial charge in [-0.3, -0.25) is 4.68 Å². The number of aryl methyl sites for hydroxylation is 4. The van der Waals surface area contributed by atoms with Gasteiger partial charge in [-0.2, -0.15) is 5.10 Å². The molecule has 4 nitrogen and oxygen atoms in total. The van der Waals surface area contributed by atoms with Crippen LogP contribution in [0.1, 0.15) is 50.5 Å². The molecule has 2 aromatic rings. The van der Waals surface area contributed by atoms with E-state index in [0.29, 0.717) is 5.88 Å². The number of rotatable bonds is 6. The minimum atomic E-state index is 0.627. The fraction of sp³-hybridized carbons (Fsp3) is 0.750. The fourth-order valence-corrected chi connectivity index (χ4v) is 3.82. The molecule has 5 heteroatoms. The van der Waals surface area contributed by atoms with E-state index in [9.17, 15) is 0 Å². The first-order chi connectivity index (χ1) is 10.2. The van der Waals surface area contributed by atoms with Crippen LogP contribution in [-0.2, 0) is 26.4 Å². The number of aromatic nitrogens is 4. The predicted molar refractivity (Wildman–Crippen MR) is 86.9 cm³/mol. The van der Waals surface area contributed by atoms with Crippen LogP contribution in [0.2, 0.25) is 0 Å². The second kappa shape index (κ2) is 6.39. The summed E-state index contributed by atoms with van der Waals surface area (Å²) in [6.07, 6.45) is 8.63. The molecule has 1 aliphatic carbocycles. The van der Waals surface area contributed by atoms with Gasteiger partial charge in [-0.25, -0.2) is 4.98 Å². The van der Waals surface area contributed by atoms with Crippen LogP contribution in [-0.4, -0.2) is 25.2 Å². The molecule has 0 unspecified atom stereocenters. The minimum absolute atomic E-state index is 0.627. The molecule has 0 aromatic carbocycles. The van der Waals surface area contributed by atoms with Crippen LogP contribution >= 0.6 is 11.6 Å². The van der Waals surface area contributed by atoms with E-state index in [-0.39, 0.29) is 0 Å². The van der Waals surface area contributed by atoms with Crippen LogP contribution in [0.25, 0.3) is 11.2 Å². The van der Waals surface area contributed by atoms with Gasteiger partial charge in [-0.05, 0) is 18.8 Å². The third-order valence-electron chi connectivity index (χ3n) is 4.76. The van der Waals surface area contributed by atoms with Crippen LogP contribution in [0.15, 0.2) is 0 Å². The quantitative estimate of drug-likeness (QED) is 0.763. The molecule has 0 atom stereocenters. The Morgan fingerprint density at radius 3 is 2.71 bits per heavy atom. The van der Waals surface area contributed by atoms with Crippen molar-refractivity contribution in [1.82, 2.24) is 19.3 Å². The number of hydrogen-bond acceptors (Lipinski definition) is 2. The molecule has 1 fully saturated rings. The van der Waals surface area contributed by atoms with Gasteiger partial charge in [0, 0.05) is 25.9 Å². The highest BCUT2D eigenvalue weighted by atomic mass is 35.5. The maximum absolute atomic E-state index is 5.97. The molecule has 0 aliphatic heterocycles. The van der Waals surface area contributed by atoms with E-state index in [0.717, 1.165) is 42.3 Å². The zero-order valence-corrected chi connectivity index (χ0v) is 13.9. The van der Waals surface area contributed by atoms with E-state index in [2.05, 4.69) is 16.6 Å². The highest BCUT2D eigenvalue weighted by Gasteiger charge is 2.20. The summed E-state index contributed by atoms with van der Waals surface area (Å²) < 4.78 is 4.36. The van der Waals surface area contributed by atoms with Crippen molar-refractivity contribution in [3.63, 3.8) is 0 Å². The third-order valence-corrected chi connectivity index (χ3v) is 4.95. The summed E-state index contributed by atoms with van der Waals surface area (Å²) in [5.74, 6) is 2.65. The van der Waals surface area contributed by atoms with Gasteiger partial charge < -0.3 is 4.57 Å². The first-order valence-electron chi connectivity index (χ1n) is 8.21. The number of fused-ring (bicyclic) bond motifs is 1. The van der Waals surface area contributed by atoms with Gasteiger partial charge in [0.1, 0.15) is 11.3 Å². The van der Waals surface area contributed by atoms with Gasteiger partial charge in [0.05, 0.1) is 5.69 Å². The van der Waals surface area contributed by atoms with Crippen LogP contribution < -0.4 is 0 Å². The monoisotopic (exact) mass is 308 g/mol. The zero-order valence-electron chi connectivity index (χ0n) is 13.1. The summed E-state index contributed by atoms with van der Waals surface area (Å²) in [6.45, 7) is 3.19. The van der Waals surface area contributed by atoms with Crippen molar-refractivity contribution in [2.45, 2.75) is 58.4 Å². The number of hydrogen-bond donors (Lipinski definition) is 0. The fourth-order valence-electron chi connectivity index (χ4n) is 3.65. The average Bonchev–Trinajstić information content (AvgIpc) is 3.16. The van der Waals surface area contributed by atoms with E-state index in [1.165, 1.54) is 37.8 Å².